The minimum Gasteiger partial charge on any atom is -0.406 e. The lowest BCUT2D eigenvalue weighted by atomic mass is 10.3. The van der Waals surface area contributed by atoms with Crippen LogP contribution in [0.5, 0.6) is 5.75 Å². The summed E-state index contributed by atoms with van der Waals surface area (Å²) in [5, 5.41) is 13.3. The fraction of sp³-hybridized carbons (Fsp3) is 0.125. The maximum atomic E-state index is 12.2. The smallest absolute Gasteiger partial charge is 0.406 e. The summed E-state index contributed by atoms with van der Waals surface area (Å²) in [6, 6.07) is 6.79. The van der Waals surface area contributed by atoms with Gasteiger partial charge in [-0.25, -0.2) is 4.98 Å². The third-order valence-corrected chi connectivity index (χ3v) is 6.21. The zero-order valence-electron chi connectivity index (χ0n) is 14.2. The Hall–Kier alpha value is -2.64. The third-order valence-electron chi connectivity index (χ3n) is 3.45. The lowest BCUT2D eigenvalue weighted by molar-refractivity contribution is -0.274. The molecule has 0 aliphatic heterocycles. The van der Waals surface area contributed by atoms with Crippen LogP contribution in [0.1, 0.15) is 5.69 Å². The van der Waals surface area contributed by atoms with Crippen molar-refractivity contribution in [3.05, 3.63) is 58.0 Å². The van der Waals surface area contributed by atoms with Crippen LogP contribution in [0.4, 0.5) is 24.0 Å². The molecular weight excluding hydrogens is 447 g/mol. The summed E-state index contributed by atoms with van der Waals surface area (Å²) < 4.78 is 42.5. The maximum Gasteiger partial charge on any atom is 0.573 e. The lowest BCUT2D eigenvalue weighted by Crippen LogP contribution is -2.16. The fourth-order valence-electron chi connectivity index (χ4n) is 2.28. The first-order valence-corrected chi connectivity index (χ1v) is 10.6. The van der Waals surface area contributed by atoms with Crippen molar-refractivity contribution in [2.75, 3.05) is 5.32 Å². The molecule has 4 rings (SSSR count). The van der Waals surface area contributed by atoms with Crippen molar-refractivity contribution in [2.45, 2.75) is 16.5 Å². The largest absolute Gasteiger partial charge is 0.573 e. The highest BCUT2D eigenvalue weighted by atomic mass is 32.2. The van der Waals surface area contributed by atoms with Crippen LogP contribution in [0.2, 0.25) is 0 Å². The van der Waals surface area contributed by atoms with Gasteiger partial charge in [0.1, 0.15) is 5.75 Å². The van der Waals surface area contributed by atoms with E-state index >= 15 is 0 Å². The van der Waals surface area contributed by atoms with Crippen LogP contribution >= 0.6 is 34.4 Å². The van der Waals surface area contributed by atoms with E-state index in [4.69, 9.17) is 0 Å². The van der Waals surface area contributed by atoms with Crippen molar-refractivity contribution in [1.82, 2.24) is 19.6 Å². The Labute approximate surface area is 173 Å². The molecule has 150 valence electrons. The molecule has 0 fully saturated rings. The minimum absolute atomic E-state index is 0.135. The predicted molar refractivity (Wildman–Crippen MR) is 105 cm³/mol. The number of fused-ring (bicyclic) bond motifs is 1. The Morgan fingerprint density at radius 3 is 2.76 bits per heavy atom. The second kappa shape index (κ2) is 8.00. The Morgan fingerprint density at radius 1 is 1.21 bits per heavy atom. The molecule has 0 unspecified atom stereocenters. The topological polar surface area (TPSA) is 81.4 Å². The van der Waals surface area contributed by atoms with Crippen LogP contribution in [-0.4, -0.2) is 25.9 Å². The average Bonchev–Trinajstić information content (AvgIpc) is 3.30. The van der Waals surface area contributed by atoms with Gasteiger partial charge in [-0.1, -0.05) is 23.1 Å². The van der Waals surface area contributed by atoms with E-state index in [0.717, 1.165) is 0 Å². The van der Waals surface area contributed by atoms with Gasteiger partial charge in [0.05, 0.1) is 5.69 Å². The zero-order chi connectivity index (χ0) is 20.4. The molecule has 0 saturated heterocycles. The molecule has 3 heterocycles. The number of hydrogen-bond donors (Lipinski definition) is 1. The second-order valence-electron chi connectivity index (χ2n) is 5.50. The highest BCUT2D eigenvalue weighted by Gasteiger charge is 2.30. The first kappa shape index (κ1) is 19.7. The summed E-state index contributed by atoms with van der Waals surface area (Å²) in [6.45, 7) is 0. The monoisotopic (exact) mass is 457 g/mol. The summed E-state index contributed by atoms with van der Waals surface area (Å²) in [4.78, 5) is 17.1. The molecule has 4 aromatic rings. The van der Waals surface area contributed by atoms with Gasteiger partial charge in [0.15, 0.2) is 9.30 Å². The van der Waals surface area contributed by atoms with E-state index in [1.807, 2.05) is 0 Å². The summed E-state index contributed by atoms with van der Waals surface area (Å²) >= 11 is 4.05. The first-order valence-electron chi connectivity index (χ1n) is 7.91. The fourth-order valence-corrected chi connectivity index (χ4v) is 4.68. The molecule has 0 radical (unpaired) electrons. The molecule has 0 bridgehead atoms. The number of nitrogens with one attached hydrogen (secondary N) is 1. The van der Waals surface area contributed by atoms with Crippen molar-refractivity contribution in [2.24, 2.45) is 0 Å². The van der Waals surface area contributed by atoms with Gasteiger partial charge >= 0.3 is 6.36 Å². The SMILES string of the molecule is O=c1cc(CSc2nnc(Nc3ccc(OC(F)(F)F)cc3)s2)nc2sccn12. The number of nitrogens with zero attached hydrogens (tertiary/aromatic N) is 4. The molecule has 1 N–H and O–H groups in total. The van der Waals surface area contributed by atoms with E-state index in [2.05, 4.69) is 25.2 Å². The summed E-state index contributed by atoms with van der Waals surface area (Å²) in [5.74, 6) is 0.157. The van der Waals surface area contributed by atoms with Crippen LogP contribution in [-0.2, 0) is 5.75 Å². The van der Waals surface area contributed by atoms with Crippen LogP contribution in [0.15, 0.2) is 51.0 Å². The molecule has 0 aliphatic rings. The molecule has 7 nitrogen and oxygen atoms in total. The molecular formula is C16H10F3N5O2S3. The van der Waals surface area contributed by atoms with Gasteiger partial charge in [-0.2, -0.15) is 0 Å². The number of hydrogen-bond acceptors (Lipinski definition) is 9. The van der Waals surface area contributed by atoms with Crippen molar-refractivity contribution < 1.29 is 17.9 Å². The van der Waals surface area contributed by atoms with E-state index < -0.39 is 6.36 Å². The quantitative estimate of drug-likeness (QED) is 0.426. The van der Waals surface area contributed by atoms with Crippen LogP contribution in [0.3, 0.4) is 0 Å². The van der Waals surface area contributed by atoms with E-state index in [9.17, 15) is 18.0 Å². The van der Waals surface area contributed by atoms with Gasteiger partial charge in [-0.05, 0) is 24.3 Å². The Balaban J connectivity index is 1.37. The number of halogens is 3. The molecule has 29 heavy (non-hydrogen) atoms. The van der Waals surface area contributed by atoms with E-state index in [0.29, 0.717) is 31.6 Å². The van der Waals surface area contributed by atoms with Gasteiger partial charge in [0.2, 0.25) is 5.13 Å². The summed E-state index contributed by atoms with van der Waals surface area (Å²) in [5.41, 5.74) is 1.06. The van der Waals surface area contributed by atoms with E-state index in [1.54, 1.807) is 11.6 Å². The summed E-state index contributed by atoms with van der Waals surface area (Å²) in [7, 11) is 0. The first-order chi connectivity index (χ1) is 13.9. The van der Waals surface area contributed by atoms with Crippen molar-refractivity contribution in [3.63, 3.8) is 0 Å². The highest BCUT2D eigenvalue weighted by molar-refractivity contribution is 8.00. The van der Waals surface area contributed by atoms with Crippen molar-refractivity contribution in [1.29, 1.82) is 0 Å². The van der Waals surface area contributed by atoms with Crippen LogP contribution < -0.4 is 15.6 Å². The Morgan fingerprint density at radius 2 is 2.00 bits per heavy atom. The molecule has 0 saturated carbocycles. The molecule has 0 amide bonds. The minimum atomic E-state index is -4.73. The lowest BCUT2D eigenvalue weighted by Gasteiger charge is -2.09. The maximum absolute atomic E-state index is 12.2. The van der Waals surface area contributed by atoms with Gasteiger partial charge in [0, 0.05) is 29.1 Å². The number of ether oxygens (including phenoxy) is 1. The van der Waals surface area contributed by atoms with E-state index in [1.165, 1.54) is 69.2 Å². The van der Waals surface area contributed by atoms with Gasteiger partial charge < -0.3 is 10.1 Å². The second-order valence-corrected chi connectivity index (χ2v) is 8.57. The summed E-state index contributed by atoms with van der Waals surface area (Å²) in [6.07, 6.45) is -3.05. The standard InChI is InChI=1S/C16H10F3N5O2S3/c17-16(18,19)26-11-3-1-9(2-4-11)20-13-22-23-15(29-13)28-8-10-7-12(25)24-5-6-27-14(24)21-10/h1-7H,8H2,(H,20,22). The van der Waals surface area contributed by atoms with Gasteiger partial charge in [0.25, 0.3) is 5.56 Å². The molecule has 0 aliphatic carbocycles. The normalized spacial score (nSPS) is 11.7. The molecule has 3 aromatic heterocycles. The number of aromatic nitrogens is 4. The Bertz CT molecular complexity index is 1190. The van der Waals surface area contributed by atoms with Crippen LogP contribution in [0, 0.1) is 0 Å². The van der Waals surface area contributed by atoms with Gasteiger partial charge in [-0.15, -0.1) is 34.7 Å². The number of anilines is 2. The molecule has 0 spiro atoms. The Kier molecular flexibility index (Phi) is 5.43. The van der Waals surface area contributed by atoms with Crippen LogP contribution in [0.25, 0.3) is 4.96 Å². The third kappa shape index (κ3) is 5.05. The number of alkyl halides is 3. The molecule has 13 heteroatoms. The number of thiazole rings is 1. The highest BCUT2D eigenvalue weighted by Crippen LogP contribution is 2.30. The zero-order valence-corrected chi connectivity index (χ0v) is 16.7. The van der Waals surface area contributed by atoms with E-state index in [-0.39, 0.29) is 11.3 Å². The number of thioether (sulfide) groups is 1. The predicted octanol–water partition coefficient (Wildman–Crippen LogP) is 4.54. The number of rotatable bonds is 6. The van der Waals surface area contributed by atoms with Crippen molar-refractivity contribution in [3.8, 4) is 5.75 Å². The van der Waals surface area contributed by atoms with Gasteiger partial charge in [-0.3, -0.25) is 9.20 Å². The van der Waals surface area contributed by atoms with Crippen molar-refractivity contribution >= 4 is 50.2 Å². The number of benzene rings is 1. The molecule has 0 atom stereocenters. The molecule has 1 aromatic carbocycles. The average molecular weight is 457 g/mol.